The molecule has 0 spiro atoms. The molecule has 1 fully saturated rings. The molecule has 0 saturated carbocycles. The van der Waals surface area contributed by atoms with E-state index in [1.807, 2.05) is 6.20 Å². The van der Waals surface area contributed by atoms with Crippen LogP contribution in [0.4, 0.5) is 5.13 Å². The van der Waals surface area contributed by atoms with Gasteiger partial charge in [-0.05, 0) is 18.9 Å². The van der Waals surface area contributed by atoms with E-state index >= 15 is 0 Å². The van der Waals surface area contributed by atoms with Crippen molar-refractivity contribution in [2.24, 2.45) is 0 Å². The van der Waals surface area contributed by atoms with Gasteiger partial charge in [-0.3, -0.25) is 4.68 Å². The average molecular weight is 279 g/mol. The van der Waals surface area contributed by atoms with Crippen molar-refractivity contribution in [3.05, 3.63) is 23.0 Å². The van der Waals surface area contributed by atoms with E-state index < -0.39 is 0 Å². The first-order valence-electron chi connectivity index (χ1n) is 6.33. The highest BCUT2D eigenvalue weighted by atomic mass is 32.1. The van der Waals surface area contributed by atoms with Crippen molar-refractivity contribution in [1.29, 1.82) is 0 Å². The second kappa shape index (κ2) is 5.26. The van der Waals surface area contributed by atoms with Gasteiger partial charge in [0, 0.05) is 26.4 Å². The maximum absolute atomic E-state index is 5.07. The average Bonchev–Trinajstić information content (AvgIpc) is 3.07. The highest BCUT2D eigenvalue weighted by Crippen LogP contribution is 2.29. The van der Waals surface area contributed by atoms with E-state index in [1.54, 1.807) is 18.4 Å². The molecule has 6 nitrogen and oxygen atoms in total. The van der Waals surface area contributed by atoms with E-state index in [4.69, 9.17) is 4.74 Å². The predicted octanol–water partition coefficient (Wildman–Crippen LogP) is 1.64. The molecule has 2 aromatic rings. The van der Waals surface area contributed by atoms with Gasteiger partial charge in [-0.15, -0.1) is 10.2 Å². The van der Waals surface area contributed by atoms with Gasteiger partial charge in [0.25, 0.3) is 0 Å². The summed E-state index contributed by atoms with van der Waals surface area (Å²) >= 11 is 1.61. The fourth-order valence-corrected chi connectivity index (χ4v) is 3.16. The molecule has 1 aliphatic rings. The maximum atomic E-state index is 5.07. The van der Waals surface area contributed by atoms with Gasteiger partial charge < -0.3 is 9.64 Å². The van der Waals surface area contributed by atoms with Crippen molar-refractivity contribution in [3.63, 3.8) is 0 Å². The fraction of sp³-hybridized carbons (Fsp3) is 0.583. The van der Waals surface area contributed by atoms with Crippen LogP contribution in [-0.4, -0.2) is 40.2 Å². The molecular weight excluding hydrogens is 262 g/mol. The summed E-state index contributed by atoms with van der Waals surface area (Å²) in [5.74, 6) is 0. The van der Waals surface area contributed by atoms with Gasteiger partial charge in [0.2, 0.25) is 5.13 Å². The van der Waals surface area contributed by atoms with E-state index in [9.17, 15) is 0 Å². The normalized spacial score (nSPS) is 19.3. The molecule has 102 valence electrons. The van der Waals surface area contributed by atoms with Crippen molar-refractivity contribution in [2.45, 2.75) is 26.0 Å². The number of aromatic nitrogens is 4. The number of hydrogen-bond acceptors (Lipinski definition) is 6. The van der Waals surface area contributed by atoms with Gasteiger partial charge in [0.05, 0.1) is 12.2 Å². The Morgan fingerprint density at radius 2 is 2.37 bits per heavy atom. The van der Waals surface area contributed by atoms with Gasteiger partial charge in [-0.2, -0.15) is 5.10 Å². The third-order valence-electron chi connectivity index (χ3n) is 3.26. The highest BCUT2D eigenvalue weighted by molar-refractivity contribution is 7.15. The van der Waals surface area contributed by atoms with E-state index in [1.165, 1.54) is 5.56 Å². The lowest BCUT2D eigenvalue weighted by Gasteiger charge is -2.14. The Balaban J connectivity index is 1.67. The van der Waals surface area contributed by atoms with Crippen LogP contribution in [0.5, 0.6) is 0 Å². The molecular formula is C12H17N5OS. The smallest absolute Gasteiger partial charge is 0.208 e. The molecule has 0 N–H and O–H groups in total. The number of rotatable bonds is 4. The zero-order chi connectivity index (χ0) is 13.2. The summed E-state index contributed by atoms with van der Waals surface area (Å²) in [5, 5.41) is 14.7. The third kappa shape index (κ3) is 2.62. The van der Waals surface area contributed by atoms with Crippen LogP contribution in [0.3, 0.4) is 0 Å². The van der Waals surface area contributed by atoms with Gasteiger partial charge in [-0.25, -0.2) is 0 Å². The number of nitrogens with zero attached hydrogens (tertiary/aromatic N) is 5. The van der Waals surface area contributed by atoms with Crippen molar-refractivity contribution in [3.8, 4) is 0 Å². The Morgan fingerprint density at radius 3 is 3.11 bits per heavy atom. The van der Waals surface area contributed by atoms with Crippen LogP contribution in [0.15, 0.2) is 12.4 Å². The molecule has 3 heterocycles. The number of methoxy groups -OCH3 is 1. The molecule has 1 atom stereocenters. The van der Waals surface area contributed by atoms with Crippen LogP contribution in [-0.2, 0) is 11.3 Å². The molecule has 1 saturated heterocycles. The molecule has 0 radical (unpaired) electrons. The van der Waals surface area contributed by atoms with Crippen molar-refractivity contribution >= 4 is 16.5 Å². The first-order valence-corrected chi connectivity index (χ1v) is 7.15. The summed E-state index contributed by atoms with van der Waals surface area (Å²) in [6.45, 7) is 4.55. The Bertz CT molecular complexity index is 552. The lowest BCUT2D eigenvalue weighted by Crippen LogP contribution is -2.20. The zero-order valence-electron chi connectivity index (χ0n) is 11.1. The lowest BCUT2D eigenvalue weighted by molar-refractivity contribution is 0.184. The maximum Gasteiger partial charge on any atom is 0.208 e. The number of anilines is 1. The largest absolute Gasteiger partial charge is 0.377 e. The van der Waals surface area contributed by atoms with E-state index in [0.717, 1.165) is 29.6 Å². The molecule has 19 heavy (non-hydrogen) atoms. The fourth-order valence-electron chi connectivity index (χ4n) is 2.32. The SMILES string of the molecule is COCc1nnc(N2CCC(n3cc(C)cn3)C2)s1. The van der Waals surface area contributed by atoms with Crippen LogP contribution >= 0.6 is 11.3 Å². The Kier molecular flexibility index (Phi) is 3.48. The van der Waals surface area contributed by atoms with Crippen molar-refractivity contribution < 1.29 is 4.74 Å². The van der Waals surface area contributed by atoms with Gasteiger partial charge in [0.15, 0.2) is 0 Å². The Labute approximate surface area is 116 Å². The second-order valence-corrected chi connectivity index (χ2v) is 5.84. The summed E-state index contributed by atoms with van der Waals surface area (Å²) in [4.78, 5) is 2.28. The predicted molar refractivity (Wildman–Crippen MR) is 73.5 cm³/mol. The van der Waals surface area contributed by atoms with Crippen LogP contribution < -0.4 is 4.90 Å². The number of ether oxygens (including phenoxy) is 1. The van der Waals surface area contributed by atoms with E-state index in [-0.39, 0.29) is 0 Å². The molecule has 0 bridgehead atoms. The summed E-state index contributed by atoms with van der Waals surface area (Å²) in [5.41, 5.74) is 1.21. The molecule has 0 aliphatic carbocycles. The molecule has 0 amide bonds. The molecule has 3 rings (SSSR count). The topological polar surface area (TPSA) is 56.1 Å². The third-order valence-corrected chi connectivity index (χ3v) is 4.22. The first-order chi connectivity index (χ1) is 9.26. The number of hydrogen-bond donors (Lipinski definition) is 0. The molecule has 2 aromatic heterocycles. The minimum absolute atomic E-state index is 0.434. The van der Waals surface area contributed by atoms with Gasteiger partial charge in [0.1, 0.15) is 11.6 Å². The van der Waals surface area contributed by atoms with Crippen molar-refractivity contribution in [2.75, 3.05) is 25.1 Å². The van der Waals surface area contributed by atoms with Gasteiger partial charge in [-0.1, -0.05) is 11.3 Å². The number of aryl methyl sites for hydroxylation is 1. The van der Waals surface area contributed by atoms with E-state index in [2.05, 4.69) is 38.0 Å². The quantitative estimate of drug-likeness (QED) is 0.851. The Morgan fingerprint density at radius 1 is 1.47 bits per heavy atom. The highest BCUT2D eigenvalue weighted by Gasteiger charge is 2.26. The molecule has 1 aliphatic heterocycles. The van der Waals surface area contributed by atoms with Crippen LogP contribution in [0.2, 0.25) is 0 Å². The van der Waals surface area contributed by atoms with Crippen molar-refractivity contribution in [1.82, 2.24) is 20.0 Å². The summed E-state index contributed by atoms with van der Waals surface area (Å²) in [6.07, 6.45) is 5.11. The molecule has 1 unspecified atom stereocenters. The molecule has 7 heteroatoms. The molecule has 0 aromatic carbocycles. The lowest BCUT2D eigenvalue weighted by atomic mass is 10.3. The van der Waals surface area contributed by atoms with Gasteiger partial charge >= 0.3 is 0 Å². The minimum atomic E-state index is 0.434. The van der Waals surface area contributed by atoms with Crippen LogP contribution in [0.1, 0.15) is 23.0 Å². The Hall–Kier alpha value is -1.47. The summed E-state index contributed by atoms with van der Waals surface area (Å²) in [7, 11) is 1.67. The monoisotopic (exact) mass is 279 g/mol. The zero-order valence-corrected chi connectivity index (χ0v) is 11.9. The first kappa shape index (κ1) is 12.6. The minimum Gasteiger partial charge on any atom is -0.377 e. The second-order valence-electron chi connectivity index (χ2n) is 4.80. The van der Waals surface area contributed by atoms with Crippen LogP contribution in [0.25, 0.3) is 0 Å². The van der Waals surface area contributed by atoms with Crippen LogP contribution in [0, 0.1) is 6.92 Å². The standard InChI is InChI=1S/C12H17N5OS/c1-9-5-13-17(6-9)10-3-4-16(7-10)12-15-14-11(19-12)8-18-2/h5-6,10H,3-4,7-8H2,1-2H3. The summed E-state index contributed by atoms with van der Waals surface area (Å²) in [6, 6.07) is 0.434. The van der Waals surface area contributed by atoms with E-state index in [0.29, 0.717) is 12.6 Å². The summed E-state index contributed by atoms with van der Waals surface area (Å²) < 4.78 is 7.13.